The predicted octanol–water partition coefficient (Wildman–Crippen LogP) is 2.22. The number of thiazole rings is 1. The fourth-order valence-corrected chi connectivity index (χ4v) is 2.75. The van der Waals surface area contributed by atoms with Gasteiger partial charge in [0.15, 0.2) is 0 Å². The molecule has 0 aliphatic carbocycles. The first-order chi connectivity index (χ1) is 7.88. The van der Waals surface area contributed by atoms with E-state index in [4.69, 9.17) is 4.74 Å². The average Bonchev–Trinajstić information content (AvgIpc) is 2.95. The molecule has 1 aromatic rings. The van der Waals surface area contributed by atoms with Crippen LogP contribution in [0.15, 0.2) is 6.20 Å². The van der Waals surface area contributed by atoms with Crippen LogP contribution in [0.4, 0.5) is 0 Å². The standard InChI is InChI=1S/C12H20N2OS/c1-2-12-14-8-11(16-12)7-13-5-3-10-4-6-15-9-10/h8,10,13H,2-7,9H2,1H3. The molecule has 1 aliphatic heterocycles. The number of nitrogens with one attached hydrogen (secondary N) is 1. The van der Waals surface area contributed by atoms with Crippen molar-refractivity contribution in [3.63, 3.8) is 0 Å². The summed E-state index contributed by atoms with van der Waals surface area (Å²) in [5, 5.41) is 4.72. The van der Waals surface area contributed by atoms with Gasteiger partial charge in [0.2, 0.25) is 0 Å². The fraction of sp³-hybridized carbons (Fsp3) is 0.750. The van der Waals surface area contributed by atoms with Gasteiger partial charge in [-0.2, -0.15) is 0 Å². The molecule has 16 heavy (non-hydrogen) atoms. The van der Waals surface area contributed by atoms with Crippen molar-refractivity contribution in [2.24, 2.45) is 5.92 Å². The normalized spacial score (nSPS) is 20.4. The number of aromatic nitrogens is 1. The van der Waals surface area contributed by atoms with Gasteiger partial charge in [0.25, 0.3) is 0 Å². The topological polar surface area (TPSA) is 34.2 Å². The maximum atomic E-state index is 5.35. The number of hydrogen-bond donors (Lipinski definition) is 1. The Morgan fingerprint density at radius 3 is 3.25 bits per heavy atom. The monoisotopic (exact) mass is 240 g/mol. The zero-order chi connectivity index (χ0) is 11.2. The molecular weight excluding hydrogens is 220 g/mol. The van der Waals surface area contributed by atoms with Crippen LogP contribution < -0.4 is 5.32 Å². The lowest BCUT2D eigenvalue weighted by molar-refractivity contribution is 0.184. The van der Waals surface area contributed by atoms with Crippen LogP contribution in [-0.2, 0) is 17.7 Å². The van der Waals surface area contributed by atoms with E-state index in [1.807, 2.05) is 17.5 Å². The predicted molar refractivity (Wildman–Crippen MR) is 66.7 cm³/mol. The van der Waals surface area contributed by atoms with Gasteiger partial charge in [-0.3, -0.25) is 0 Å². The summed E-state index contributed by atoms with van der Waals surface area (Å²) in [7, 11) is 0. The van der Waals surface area contributed by atoms with E-state index in [-0.39, 0.29) is 0 Å². The summed E-state index contributed by atoms with van der Waals surface area (Å²) < 4.78 is 5.35. The van der Waals surface area contributed by atoms with Crippen LogP contribution in [0.1, 0.15) is 29.7 Å². The SMILES string of the molecule is CCc1ncc(CNCCC2CCOC2)s1. The third-order valence-electron chi connectivity index (χ3n) is 2.96. The molecule has 2 heterocycles. The fourth-order valence-electron chi connectivity index (χ4n) is 1.92. The van der Waals surface area contributed by atoms with Gasteiger partial charge >= 0.3 is 0 Å². The van der Waals surface area contributed by atoms with E-state index >= 15 is 0 Å². The first kappa shape index (κ1) is 12.0. The van der Waals surface area contributed by atoms with Crippen molar-refractivity contribution in [1.29, 1.82) is 0 Å². The molecule has 3 nitrogen and oxygen atoms in total. The maximum Gasteiger partial charge on any atom is 0.0925 e. The molecule has 2 rings (SSSR count). The number of hydrogen-bond acceptors (Lipinski definition) is 4. The van der Waals surface area contributed by atoms with Crippen LogP contribution in [-0.4, -0.2) is 24.7 Å². The van der Waals surface area contributed by atoms with Crippen molar-refractivity contribution in [1.82, 2.24) is 10.3 Å². The van der Waals surface area contributed by atoms with E-state index in [1.54, 1.807) is 0 Å². The highest BCUT2D eigenvalue weighted by Crippen LogP contribution is 2.16. The van der Waals surface area contributed by atoms with Crippen molar-refractivity contribution >= 4 is 11.3 Å². The van der Waals surface area contributed by atoms with Crippen LogP contribution in [0.2, 0.25) is 0 Å². The Labute approximate surface area is 101 Å². The van der Waals surface area contributed by atoms with Crippen molar-refractivity contribution in [3.8, 4) is 0 Å². The molecule has 0 bridgehead atoms. The quantitative estimate of drug-likeness (QED) is 0.774. The van der Waals surface area contributed by atoms with Crippen molar-refractivity contribution in [2.45, 2.75) is 32.7 Å². The molecule has 1 aliphatic rings. The molecule has 1 atom stereocenters. The summed E-state index contributed by atoms with van der Waals surface area (Å²) in [5.74, 6) is 0.778. The first-order valence-corrected chi connectivity index (χ1v) is 6.92. The molecule has 0 amide bonds. The van der Waals surface area contributed by atoms with Gasteiger partial charge in [-0.15, -0.1) is 11.3 Å². The van der Waals surface area contributed by atoms with Gasteiger partial charge < -0.3 is 10.1 Å². The average molecular weight is 240 g/mol. The number of ether oxygens (including phenoxy) is 1. The van der Waals surface area contributed by atoms with Gasteiger partial charge in [0.05, 0.1) is 5.01 Å². The molecule has 4 heteroatoms. The Bertz CT molecular complexity index is 308. The molecule has 0 spiro atoms. The second-order valence-corrected chi connectivity index (χ2v) is 5.47. The molecule has 1 aromatic heterocycles. The number of aryl methyl sites for hydroxylation is 1. The summed E-state index contributed by atoms with van der Waals surface area (Å²) in [6.07, 6.45) is 5.51. The largest absolute Gasteiger partial charge is 0.381 e. The Morgan fingerprint density at radius 1 is 1.62 bits per heavy atom. The zero-order valence-corrected chi connectivity index (χ0v) is 10.7. The molecule has 0 saturated carbocycles. The second kappa shape index (κ2) is 6.33. The third kappa shape index (κ3) is 3.54. The Morgan fingerprint density at radius 2 is 2.56 bits per heavy atom. The molecule has 1 saturated heterocycles. The van der Waals surface area contributed by atoms with E-state index in [9.17, 15) is 0 Å². The summed E-state index contributed by atoms with van der Waals surface area (Å²) in [5.41, 5.74) is 0. The van der Waals surface area contributed by atoms with E-state index in [0.717, 1.165) is 38.6 Å². The summed E-state index contributed by atoms with van der Waals surface area (Å²) in [6, 6.07) is 0. The number of nitrogens with zero attached hydrogens (tertiary/aromatic N) is 1. The Hall–Kier alpha value is -0.450. The van der Waals surface area contributed by atoms with Gasteiger partial charge in [-0.25, -0.2) is 4.98 Å². The first-order valence-electron chi connectivity index (χ1n) is 6.10. The van der Waals surface area contributed by atoms with E-state index in [0.29, 0.717) is 0 Å². The molecular formula is C12H20N2OS. The van der Waals surface area contributed by atoms with Gasteiger partial charge in [-0.05, 0) is 31.7 Å². The van der Waals surface area contributed by atoms with Gasteiger partial charge in [-0.1, -0.05) is 6.92 Å². The number of rotatable bonds is 6. The van der Waals surface area contributed by atoms with Crippen molar-refractivity contribution < 1.29 is 4.74 Å². The molecule has 0 aromatic carbocycles. The van der Waals surface area contributed by atoms with Crippen LogP contribution in [0.5, 0.6) is 0 Å². The highest BCUT2D eigenvalue weighted by Gasteiger charge is 2.14. The van der Waals surface area contributed by atoms with E-state index < -0.39 is 0 Å². The second-order valence-electron chi connectivity index (χ2n) is 4.27. The van der Waals surface area contributed by atoms with E-state index in [2.05, 4.69) is 17.2 Å². The summed E-state index contributed by atoms with van der Waals surface area (Å²) in [4.78, 5) is 5.70. The smallest absolute Gasteiger partial charge is 0.0925 e. The minimum atomic E-state index is 0.778. The maximum absolute atomic E-state index is 5.35. The molecule has 1 N–H and O–H groups in total. The van der Waals surface area contributed by atoms with Gasteiger partial charge in [0, 0.05) is 30.8 Å². The Balaban J connectivity index is 1.60. The van der Waals surface area contributed by atoms with Crippen LogP contribution in [0.3, 0.4) is 0 Å². The van der Waals surface area contributed by atoms with Crippen molar-refractivity contribution in [3.05, 3.63) is 16.1 Å². The summed E-state index contributed by atoms with van der Waals surface area (Å²) >= 11 is 1.82. The highest BCUT2D eigenvalue weighted by atomic mass is 32.1. The molecule has 1 fully saturated rings. The minimum Gasteiger partial charge on any atom is -0.381 e. The lowest BCUT2D eigenvalue weighted by Crippen LogP contribution is -2.17. The zero-order valence-electron chi connectivity index (χ0n) is 9.87. The minimum absolute atomic E-state index is 0.778. The highest BCUT2D eigenvalue weighted by molar-refractivity contribution is 7.11. The van der Waals surface area contributed by atoms with E-state index in [1.165, 1.54) is 22.7 Å². The van der Waals surface area contributed by atoms with Crippen LogP contribution >= 0.6 is 11.3 Å². The van der Waals surface area contributed by atoms with Gasteiger partial charge in [0.1, 0.15) is 0 Å². The molecule has 1 unspecified atom stereocenters. The lowest BCUT2D eigenvalue weighted by Gasteiger charge is -2.07. The molecule has 0 radical (unpaired) electrons. The molecule has 90 valence electrons. The van der Waals surface area contributed by atoms with Crippen molar-refractivity contribution in [2.75, 3.05) is 19.8 Å². The Kier molecular flexibility index (Phi) is 4.75. The van der Waals surface area contributed by atoms with Crippen LogP contribution in [0, 0.1) is 5.92 Å². The third-order valence-corrected chi connectivity index (χ3v) is 4.10. The van der Waals surface area contributed by atoms with Crippen LogP contribution in [0.25, 0.3) is 0 Å². The lowest BCUT2D eigenvalue weighted by atomic mass is 10.1. The summed E-state index contributed by atoms with van der Waals surface area (Å²) in [6.45, 7) is 6.12.